The van der Waals surface area contributed by atoms with Crippen LogP contribution in [0.1, 0.15) is 0 Å². The zero-order valence-electron chi connectivity index (χ0n) is 37.1. The molecule has 0 N–H and O–H groups in total. The lowest BCUT2D eigenvalue weighted by atomic mass is 9.64. The van der Waals surface area contributed by atoms with Crippen molar-refractivity contribution in [3.8, 4) is 55.9 Å². The van der Waals surface area contributed by atoms with Gasteiger partial charge in [0.15, 0.2) is 0 Å². The molecule has 0 radical (unpaired) electrons. The Morgan fingerprint density at radius 2 is 0.746 bits per heavy atom. The number of para-hydroxylation sites is 1. The van der Waals surface area contributed by atoms with Crippen LogP contribution in [-0.4, -0.2) is 64.1 Å². The molecule has 0 aliphatic heterocycles. The summed E-state index contributed by atoms with van der Waals surface area (Å²) in [4.78, 5) is 0. The maximum atomic E-state index is 2.57. The summed E-state index contributed by atoms with van der Waals surface area (Å²) in [5.74, 6) is 0. The Labute approximate surface area is 375 Å². The molecule has 11 rings (SSSR count). The van der Waals surface area contributed by atoms with E-state index in [-0.39, 0.29) is 0 Å². The lowest BCUT2D eigenvalue weighted by molar-refractivity contribution is 1.18. The molecule has 0 saturated heterocycles. The lowest BCUT2D eigenvalue weighted by Crippen LogP contribution is -2.48. The van der Waals surface area contributed by atoms with Crippen LogP contribution in [-0.2, 0) is 0 Å². The second-order valence-corrected chi connectivity index (χ2v) is 17.5. The van der Waals surface area contributed by atoms with Crippen molar-refractivity contribution in [2.24, 2.45) is 0 Å². The predicted octanol–water partition coefficient (Wildman–Crippen LogP) is 2.36. The topological polar surface area (TPSA) is 9.86 Å². The van der Waals surface area contributed by atoms with Gasteiger partial charge in [-0.15, -0.1) is 5.46 Å². The van der Waals surface area contributed by atoms with Crippen molar-refractivity contribution in [2.45, 2.75) is 0 Å². The van der Waals surface area contributed by atoms with E-state index in [1.807, 2.05) is 0 Å². The van der Waals surface area contributed by atoms with Crippen LogP contribution in [0.25, 0.3) is 99.5 Å². The van der Waals surface area contributed by atoms with Gasteiger partial charge >= 0.3 is 0 Å². The molecule has 2 nitrogen and oxygen atoms in total. The summed E-state index contributed by atoms with van der Waals surface area (Å²) in [7, 11) is 16.3. The summed E-state index contributed by atoms with van der Waals surface area (Å²) in [5.41, 5.74) is 26.6. The van der Waals surface area contributed by atoms with Crippen LogP contribution in [0.3, 0.4) is 0 Å². The smallest absolute Gasteiger partial charge is 0.141 e. The molecule has 0 spiro atoms. The van der Waals surface area contributed by atoms with E-state index in [1.165, 1.54) is 138 Å². The molecule has 0 atom stereocenters. The van der Waals surface area contributed by atoms with Crippen molar-refractivity contribution in [3.05, 3.63) is 176 Å². The number of benzene rings is 9. The van der Waals surface area contributed by atoms with Crippen LogP contribution in [0.15, 0.2) is 176 Å². The minimum absolute atomic E-state index is 1.18. The van der Waals surface area contributed by atoms with E-state index in [0.29, 0.717) is 0 Å². The first-order chi connectivity index (χ1) is 30.7. The molecule has 0 unspecified atom stereocenters. The Balaban J connectivity index is 1.19. The molecule has 11 aromatic rings. The zero-order valence-corrected chi connectivity index (χ0v) is 37.1. The number of aromatic nitrogens is 2. The third-order valence-corrected chi connectivity index (χ3v) is 14.3. The molecule has 0 saturated carbocycles. The van der Waals surface area contributed by atoms with E-state index in [1.54, 1.807) is 0 Å². The largest absolute Gasteiger partial charge is 0.310 e. The van der Waals surface area contributed by atoms with Gasteiger partial charge in [0.25, 0.3) is 0 Å². The molecular formula is C54H43B7N2. The van der Waals surface area contributed by atoms with Gasteiger partial charge in [0, 0.05) is 38.4 Å². The van der Waals surface area contributed by atoms with E-state index in [2.05, 4.69) is 240 Å². The Hall–Kier alpha value is -6.97. The van der Waals surface area contributed by atoms with Crippen LogP contribution in [0.2, 0.25) is 0 Å². The highest BCUT2D eigenvalue weighted by Gasteiger charge is 2.25. The predicted molar refractivity (Wildman–Crippen MR) is 294 cm³/mol. The number of fused-ring (bicyclic) bond motifs is 6. The van der Waals surface area contributed by atoms with E-state index in [4.69, 9.17) is 0 Å². The maximum Gasteiger partial charge on any atom is 0.141 e. The van der Waals surface area contributed by atoms with Crippen LogP contribution in [0.5, 0.6) is 0 Å². The summed E-state index contributed by atoms with van der Waals surface area (Å²) in [6.45, 7) is 0. The Bertz CT molecular complexity index is 3620. The molecule has 0 amide bonds. The molecule has 9 heteroatoms. The molecule has 0 fully saturated rings. The van der Waals surface area contributed by atoms with E-state index in [0.717, 1.165) is 0 Å². The fraction of sp³-hybridized carbons (Fsp3) is 0. The average Bonchev–Trinajstić information content (AvgIpc) is 3.87. The summed E-state index contributed by atoms with van der Waals surface area (Å²) in [6.07, 6.45) is 0. The van der Waals surface area contributed by atoms with Crippen molar-refractivity contribution in [3.63, 3.8) is 0 Å². The van der Waals surface area contributed by atoms with E-state index in [9.17, 15) is 0 Å². The van der Waals surface area contributed by atoms with Crippen molar-refractivity contribution in [2.75, 3.05) is 0 Å². The van der Waals surface area contributed by atoms with Gasteiger partial charge in [0.2, 0.25) is 0 Å². The van der Waals surface area contributed by atoms with Gasteiger partial charge in [-0.2, -0.15) is 0 Å². The monoisotopic (exact) mass is 796 g/mol. The van der Waals surface area contributed by atoms with E-state index >= 15 is 0 Å². The van der Waals surface area contributed by atoms with Crippen molar-refractivity contribution in [1.82, 2.24) is 9.13 Å². The number of hydrogen-bond donors (Lipinski definition) is 0. The van der Waals surface area contributed by atoms with Gasteiger partial charge in [-0.05, 0) is 86.8 Å². The number of rotatable bonds is 6. The van der Waals surface area contributed by atoms with Crippen molar-refractivity contribution < 1.29 is 0 Å². The van der Waals surface area contributed by atoms with Gasteiger partial charge in [0.1, 0.15) is 54.9 Å². The molecule has 290 valence electrons. The molecule has 0 aliphatic carbocycles. The highest BCUT2D eigenvalue weighted by atomic mass is 15.0. The Kier molecular flexibility index (Phi) is 9.35. The molecule has 0 bridgehead atoms. The summed E-state index contributed by atoms with van der Waals surface area (Å²) < 4.78 is 5.05. The van der Waals surface area contributed by atoms with Crippen LogP contribution in [0.4, 0.5) is 0 Å². The van der Waals surface area contributed by atoms with Gasteiger partial charge < -0.3 is 9.13 Å². The van der Waals surface area contributed by atoms with E-state index < -0.39 is 0 Å². The first-order valence-electron chi connectivity index (χ1n) is 22.2. The molecule has 63 heavy (non-hydrogen) atoms. The first-order valence-corrected chi connectivity index (χ1v) is 22.2. The molecule has 9 aromatic carbocycles. The zero-order chi connectivity index (χ0) is 43.1. The normalized spacial score (nSPS) is 11.6. The average molecular weight is 796 g/mol. The Morgan fingerprint density at radius 3 is 1.37 bits per heavy atom. The molecule has 2 aromatic heterocycles. The van der Waals surface area contributed by atoms with Gasteiger partial charge in [-0.1, -0.05) is 166 Å². The highest BCUT2D eigenvalue weighted by Crippen LogP contribution is 2.40. The maximum absolute atomic E-state index is 2.57. The first kappa shape index (κ1) is 38.9. The summed E-state index contributed by atoms with van der Waals surface area (Å²) >= 11 is 0. The third-order valence-electron chi connectivity index (χ3n) is 14.3. The third kappa shape index (κ3) is 6.04. The number of hydrogen-bond acceptors (Lipinski definition) is 0. The minimum Gasteiger partial charge on any atom is -0.310 e. The second-order valence-electron chi connectivity index (χ2n) is 17.5. The quantitative estimate of drug-likeness (QED) is 0.229. The summed E-state index contributed by atoms with van der Waals surface area (Å²) in [6, 6.07) is 64.5. The summed E-state index contributed by atoms with van der Waals surface area (Å²) in [5, 5.41) is 5.21. The fourth-order valence-corrected chi connectivity index (χ4v) is 10.6. The van der Waals surface area contributed by atoms with Gasteiger partial charge in [0.05, 0.1) is 16.7 Å². The van der Waals surface area contributed by atoms with Crippen LogP contribution < -0.4 is 38.2 Å². The van der Waals surface area contributed by atoms with Gasteiger partial charge in [-0.3, -0.25) is 0 Å². The highest BCUT2D eigenvalue weighted by molar-refractivity contribution is 6.69. The van der Waals surface area contributed by atoms with Gasteiger partial charge in [-0.25, -0.2) is 0 Å². The Morgan fingerprint density at radius 1 is 0.302 bits per heavy atom. The molecular weight excluding hydrogens is 752 g/mol. The molecule has 2 heterocycles. The SMILES string of the molecule is Bc1c(B)c(B)c2c(c1B)c1c(B)c(-c3ccc4c(c3)c3cc(-c5ccccc5)ccc3n4-c3ccccc3-c3ccccc3)c(B)c(B)c1n2-c1ccc(-c2ccccc2)cc1. The van der Waals surface area contributed by atoms with Crippen LogP contribution in [0, 0.1) is 0 Å². The van der Waals surface area contributed by atoms with Crippen molar-refractivity contribution in [1.29, 1.82) is 0 Å². The number of nitrogens with zero attached hydrogens (tertiary/aromatic N) is 2. The molecule has 0 aliphatic rings. The fourth-order valence-electron chi connectivity index (χ4n) is 10.6. The van der Waals surface area contributed by atoms with Crippen molar-refractivity contribution >= 4 is 137 Å². The second kappa shape index (κ2) is 15.1. The lowest BCUT2D eigenvalue weighted by Gasteiger charge is -2.19. The van der Waals surface area contributed by atoms with Crippen LogP contribution >= 0.6 is 0 Å². The standard InChI is InChI=1S/C54H43B7N2/c55-46-43(47(56)51(60)53-44(46)45-48(57)49(58)50(59)52(61)54(45)62(53)36-24-20-32(21-25-36)30-12-4-1-5-13-30)35-23-27-42-39(29-35)38-28-34(31-14-6-2-7-15-31)22-26-41(38)63(42)40-19-11-10-18-37(40)33-16-8-3-9-17-33/h1-29H,55-61H2. The minimum atomic E-state index is 1.18.